The monoisotopic (exact) mass is 235 g/mol. The number of benzene rings is 1. The Morgan fingerprint density at radius 3 is 2.82 bits per heavy atom. The zero-order valence-electron chi connectivity index (χ0n) is 9.61. The van der Waals surface area contributed by atoms with Crippen LogP contribution in [-0.4, -0.2) is 23.6 Å². The van der Waals surface area contributed by atoms with E-state index in [1.807, 2.05) is 0 Å². The number of carboxylic acid groups (broad SMARTS) is 1. The van der Waals surface area contributed by atoms with E-state index in [4.69, 9.17) is 9.84 Å². The Labute approximate surface area is 98.4 Å². The lowest BCUT2D eigenvalue weighted by atomic mass is 9.94. The molecule has 90 valence electrons. The molecule has 0 atom stereocenters. The summed E-state index contributed by atoms with van der Waals surface area (Å²) in [5, 5.41) is 11.6. The molecule has 0 bridgehead atoms. The molecule has 0 saturated heterocycles. The summed E-state index contributed by atoms with van der Waals surface area (Å²) in [5.74, 6) is -0.769. The maximum atomic E-state index is 11.8. The van der Waals surface area contributed by atoms with Gasteiger partial charge in [-0.25, -0.2) is 4.79 Å². The molecule has 1 heterocycles. The topological polar surface area (TPSA) is 75.6 Å². The summed E-state index contributed by atoms with van der Waals surface area (Å²) in [7, 11) is 0. The van der Waals surface area contributed by atoms with Gasteiger partial charge in [0.05, 0.1) is 16.7 Å². The zero-order valence-corrected chi connectivity index (χ0v) is 9.61. The van der Waals surface area contributed by atoms with Crippen LogP contribution in [0.3, 0.4) is 0 Å². The smallest absolute Gasteiger partial charge is 0.335 e. The molecule has 1 aliphatic rings. The van der Waals surface area contributed by atoms with Gasteiger partial charge in [-0.15, -0.1) is 0 Å². The maximum Gasteiger partial charge on any atom is 0.335 e. The van der Waals surface area contributed by atoms with Crippen LogP contribution >= 0.6 is 0 Å². The van der Waals surface area contributed by atoms with Gasteiger partial charge in [-0.1, -0.05) is 0 Å². The van der Waals surface area contributed by atoms with Crippen LogP contribution in [0.25, 0.3) is 0 Å². The number of rotatable bonds is 1. The van der Waals surface area contributed by atoms with E-state index in [0.717, 1.165) is 0 Å². The van der Waals surface area contributed by atoms with Crippen LogP contribution in [-0.2, 0) is 4.79 Å². The lowest BCUT2D eigenvalue weighted by molar-refractivity contribution is -0.124. The Hall–Kier alpha value is -2.04. The number of carbonyl (C=O) groups is 2. The van der Waals surface area contributed by atoms with Crippen molar-refractivity contribution in [1.82, 2.24) is 0 Å². The number of nitrogens with one attached hydrogen (secondary N) is 1. The Morgan fingerprint density at radius 1 is 1.47 bits per heavy atom. The molecule has 1 amide bonds. The second-order valence-electron chi connectivity index (χ2n) is 4.64. The summed E-state index contributed by atoms with van der Waals surface area (Å²) >= 11 is 0. The molecule has 0 spiro atoms. The number of amides is 1. The molecule has 0 fully saturated rings. The van der Waals surface area contributed by atoms with Crippen molar-refractivity contribution in [3.63, 3.8) is 0 Å². The lowest BCUT2D eigenvalue weighted by Crippen LogP contribution is -2.33. The van der Waals surface area contributed by atoms with Gasteiger partial charge in [0.2, 0.25) is 5.91 Å². The van der Waals surface area contributed by atoms with Gasteiger partial charge >= 0.3 is 5.97 Å². The number of hydrogen-bond acceptors (Lipinski definition) is 3. The average molecular weight is 235 g/mol. The van der Waals surface area contributed by atoms with E-state index < -0.39 is 11.4 Å². The Bertz CT molecular complexity index is 493. The number of fused-ring (bicyclic) bond motifs is 1. The number of carbonyl (C=O) groups excluding carboxylic acids is 1. The molecule has 0 radical (unpaired) electrons. The molecule has 0 aromatic heterocycles. The fourth-order valence-electron chi connectivity index (χ4n) is 1.49. The highest BCUT2D eigenvalue weighted by atomic mass is 16.5. The summed E-state index contributed by atoms with van der Waals surface area (Å²) in [6, 6.07) is 4.39. The van der Waals surface area contributed by atoms with Gasteiger partial charge in [0, 0.05) is 0 Å². The van der Waals surface area contributed by atoms with Crippen molar-refractivity contribution in [1.29, 1.82) is 0 Å². The first-order valence-electron chi connectivity index (χ1n) is 5.22. The van der Waals surface area contributed by atoms with E-state index in [-0.39, 0.29) is 18.1 Å². The molecule has 0 unspecified atom stereocenters. The van der Waals surface area contributed by atoms with Crippen LogP contribution in [0.4, 0.5) is 5.69 Å². The highest BCUT2D eigenvalue weighted by Crippen LogP contribution is 2.32. The van der Waals surface area contributed by atoms with E-state index in [1.165, 1.54) is 18.2 Å². The minimum Gasteiger partial charge on any atom is -0.490 e. The van der Waals surface area contributed by atoms with Crippen LogP contribution in [0.15, 0.2) is 18.2 Å². The van der Waals surface area contributed by atoms with Gasteiger partial charge < -0.3 is 15.2 Å². The zero-order chi connectivity index (χ0) is 12.6. The van der Waals surface area contributed by atoms with Gasteiger partial charge in [0.25, 0.3) is 0 Å². The Morgan fingerprint density at radius 2 is 2.18 bits per heavy atom. The minimum atomic E-state index is -1.02. The van der Waals surface area contributed by atoms with Crippen molar-refractivity contribution in [2.24, 2.45) is 5.41 Å². The highest BCUT2D eigenvalue weighted by Gasteiger charge is 2.32. The van der Waals surface area contributed by atoms with Crippen molar-refractivity contribution in [2.75, 3.05) is 11.9 Å². The number of anilines is 1. The van der Waals surface area contributed by atoms with E-state index in [1.54, 1.807) is 13.8 Å². The minimum absolute atomic E-state index is 0.137. The molecule has 0 saturated carbocycles. The van der Waals surface area contributed by atoms with Crippen molar-refractivity contribution >= 4 is 17.6 Å². The molecule has 17 heavy (non-hydrogen) atoms. The lowest BCUT2D eigenvalue weighted by Gasteiger charge is -2.18. The molecule has 5 nitrogen and oxygen atoms in total. The average Bonchev–Trinajstić information content (AvgIpc) is 2.37. The molecule has 5 heteroatoms. The first-order valence-corrected chi connectivity index (χ1v) is 5.22. The van der Waals surface area contributed by atoms with Gasteiger partial charge in [-0.05, 0) is 32.0 Å². The maximum absolute atomic E-state index is 11.8. The summed E-state index contributed by atoms with van der Waals surface area (Å²) < 4.78 is 5.48. The van der Waals surface area contributed by atoms with Gasteiger partial charge in [0.1, 0.15) is 12.4 Å². The van der Waals surface area contributed by atoms with Crippen LogP contribution in [0.5, 0.6) is 5.75 Å². The first-order chi connectivity index (χ1) is 7.90. The van der Waals surface area contributed by atoms with E-state index in [2.05, 4.69) is 5.32 Å². The third kappa shape index (κ3) is 2.08. The summed E-state index contributed by atoms with van der Waals surface area (Å²) in [4.78, 5) is 22.6. The van der Waals surface area contributed by atoms with E-state index >= 15 is 0 Å². The first kappa shape index (κ1) is 11.4. The fourth-order valence-corrected chi connectivity index (χ4v) is 1.49. The van der Waals surface area contributed by atoms with Crippen LogP contribution in [0.2, 0.25) is 0 Å². The van der Waals surface area contributed by atoms with Crippen LogP contribution in [0.1, 0.15) is 24.2 Å². The van der Waals surface area contributed by atoms with Gasteiger partial charge in [-0.2, -0.15) is 0 Å². The Kier molecular flexibility index (Phi) is 2.53. The largest absolute Gasteiger partial charge is 0.490 e. The molecule has 1 aliphatic heterocycles. The van der Waals surface area contributed by atoms with Crippen molar-refractivity contribution < 1.29 is 19.4 Å². The third-order valence-electron chi connectivity index (χ3n) is 2.68. The number of ether oxygens (including phenoxy) is 1. The summed E-state index contributed by atoms with van der Waals surface area (Å²) in [6.07, 6.45) is 0. The number of hydrogen-bond donors (Lipinski definition) is 2. The molecule has 1 aromatic carbocycles. The quantitative estimate of drug-likeness (QED) is 0.777. The SMILES string of the molecule is CC1(C)COc2cc(C(=O)O)ccc2NC1=O. The summed E-state index contributed by atoms with van der Waals surface area (Å²) in [6.45, 7) is 3.76. The molecule has 1 aromatic rings. The van der Waals surface area contributed by atoms with Crippen LogP contribution in [0, 0.1) is 5.41 Å². The summed E-state index contributed by atoms with van der Waals surface area (Å²) in [5.41, 5.74) is 0.00542. The number of aromatic carboxylic acids is 1. The molecular formula is C12H13NO4. The van der Waals surface area contributed by atoms with Crippen LogP contribution < -0.4 is 10.1 Å². The predicted molar refractivity (Wildman–Crippen MR) is 61.3 cm³/mol. The highest BCUT2D eigenvalue weighted by molar-refractivity contribution is 5.98. The second-order valence-corrected chi connectivity index (χ2v) is 4.64. The number of carboxylic acids is 1. The van der Waals surface area contributed by atoms with Crippen molar-refractivity contribution in [3.05, 3.63) is 23.8 Å². The van der Waals surface area contributed by atoms with E-state index in [9.17, 15) is 9.59 Å². The predicted octanol–water partition coefficient (Wildman–Crippen LogP) is 1.74. The normalized spacial score (nSPS) is 17.4. The molecular weight excluding hydrogens is 222 g/mol. The molecule has 2 N–H and O–H groups in total. The standard InChI is InChI=1S/C12H13NO4/c1-12(2)6-17-9-5-7(10(14)15)3-4-8(9)13-11(12)16/h3-5H,6H2,1-2H3,(H,13,16)(H,14,15). The molecule has 2 rings (SSSR count). The second kappa shape index (κ2) is 3.76. The van der Waals surface area contributed by atoms with Crippen molar-refractivity contribution in [2.45, 2.75) is 13.8 Å². The fraction of sp³-hybridized carbons (Fsp3) is 0.333. The van der Waals surface area contributed by atoms with Gasteiger partial charge in [0.15, 0.2) is 0 Å². The third-order valence-corrected chi connectivity index (χ3v) is 2.68. The van der Waals surface area contributed by atoms with E-state index in [0.29, 0.717) is 11.4 Å². The van der Waals surface area contributed by atoms with Gasteiger partial charge in [-0.3, -0.25) is 4.79 Å². The molecule has 0 aliphatic carbocycles. The Balaban J connectivity index is 2.40. The van der Waals surface area contributed by atoms with Crippen molar-refractivity contribution in [3.8, 4) is 5.75 Å².